The molecule has 3 aromatic rings. The number of nitrogens with two attached hydrogens (primary N) is 1. The highest BCUT2D eigenvalue weighted by Crippen LogP contribution is 2.30. The molecule has 2 heterocycles. The second-order valence-electron chi connectivity index (χ2n) is 5.35. The van der Waals surface area contributed by atoms with Crippen molar-refractivity contribution in [2.75, 3.05) is 7.11 Å². The van der Waals surface area contributed by atoms with Gasteiger partial charge in [-0.1, -0.05) is 23.7 Å². The Morgan fingerprint density at radius 3 is 2.65 bits per heavy atom. The molecule has 2 aromatic heterocycles. The Labute approximate surface area is 154 Å². The number of aromatic nitrogens is 3. The summed E-state index contributed by atoms with van der Waals surface area (Å²) in [6, 6.07) is 9.42. The van der Waals surface area contributed by atoms with E-state index < -0.39 is 6.09 Å². The predicted molar refractivity (Wildman–Crippen MR) is 96.3 cm³/mol. The summed E-state index contributed by atoms with van der Waals surface area (Å²) in [6.45, 7) is 0. The maximum atomic E-state index is 10.7. The summed E-state index contributed by atoms with van der Waals surface area (Å²) in [4.78, 5) is 23.3. The first-order valence-electron chi connectivity index (χ1n) is 7.62. The van der Waals surface area contributed by atoms with Crippen LogP contribution in [0.5, 0.6) is 11.8 Å². The van der Waals surface area contributed by atoms with E-state index in [1.807, 2.05) is 24.3 Å². The third-order valence-corrected chi connectivity index (χ3v) is 3.74. The molecule has 7 nitrogen and oxygen atoms in total. The number of hydrogen-bond acceptors (Lipinski definition) is 6. The Balaban J connectivity index is 1.87. The molecule has 0 aliphatic carbocycles. The van der Waals surface area contributed by atoms with E-state index in [2.05, 4.69) is 19.7 Å². The van der Waals surface area contributed by atoms with Gasteiger partial charge in [0.2, 0.25) is 11.8 Å². The minimum Gasteiger partial charge on any atom is -0.481 e. The molecule has 132 valence electrons. The fourth-order valence-electron chi connectivity index (χ4n) is 2.42. The second-order valence-corrected chi connectivity index (χ2v) is 5.79. The topological polar surface area (TPSA) is 100 Å². The summed E-state index contributed by atoms with van der Waals surface area (Å²) in [6.07, 6.45) is 4.13. The van der Waals surface area contributed by atoms with Crippen molar-refractivity contribution >= 4 is 17.7 Å². The minimum atomic E-state index is -0.933. The van der Waals surface area contributed by atoms with Crippen LogP contribution in [0.3, 0.4) is 0 Å². The fraction of sp³-hybridized carbons (Fsp3) is 0.111. The lowest BCUT2D eigenvalue weighted by Crippen LogP contribution is -2.17. The lowest BCUT2D eigenvalue weighted by Gasteiger charge is -2.10. The molecule has 0 spiro atoms. The van der Waals surface area contributed by atoms with Crippen molar-refractivity contribution in [3.05, 3.63) is 65.2 Å². The van der Waals surface area contributed by atoms with Crippen molar-refractivity contribution < 1.29 is 14.3 Å². The van der Waals surface area contributed by atoms with Gasteiger partial charge in [-0.3, -0.25) is 4.98 Å². The predicted octanol–water partition coefficient (Wildman–Crippen LogP) is 3.25. The van der Waals surface area contributed by atoms with Crippen molar-refractivity contribution in [1.82, 2.24) is 15.0 Å². The number of amides is 1. The van der Waals surface area contributed by atoms with Crippen molar-refractivity contribution in [1.29, 1.82) is 0 Å². The number of rotatable bonds is 5. The van der Waals surface area contributed by atoms with Gasteiger partial charge in [0, 0.05) is 23.2 Å². The van der Waals surface area contributed by atoms with E-state index in [-0.39, 0.29) is 5.88 Å². The van der Waals surface area contributed by atoms with Crippen LogP contribution in [-0.2, 0) is 6.42 Å². The van der Waals surface area contributed by atoms with Gasteiger partial charge in [0.05, 0.1) is 25.2 Å². The van der Waals surface area contributed by atoms with Gasteiger partial charge in [0.15, 0.2) is 0 Å². The zero-order valence-corrected chi connectivity index (χ0v) is 14.6. The molecule has 0 atom stereocenters. The zero-order valence-electron chi connectivity index (χ0n) is 13.8. The third-order valence-electron chi connectivity index (χ3n) is 3.51. The van der Waals surface area contributed by atoms with E-state index in [1.165, 1.54) is 12.4 Å². The quantitative estimate of drug-likeness (QED) is 0.739. The Hall–Kier alpha value is -3.19. The number of halogens is 1. The molecule has 0 saturated carbocycles. The molecule has 8 heteroatoms. The number of ether oxygens (including phenoxy) is 2. The highest BCUT2D eigenvalue weighted by atomic mass is 35.5. The molecule has 2 N–H and O–H groups in total. The molecule has 0 aliphatic rings. The van der Waals surface area contributed by atoms with Crippen LogP contribution in [0, 0.1) is 0 Å². The molecule has 0 radical (unpaired) electrons. The third kappa shape index (κ3) is 4.25. The SMILES string of the molecule is COc1ncc(Cc2cnc(OC(N)=O)cn2)cc1-c1cccc(Cl)c1. The number of benzene rings is 1. The van der Waals surface area contributed by atoms with E-state index in [0.717, 1.165) is 16.7 Å². The summed E-state index contributed by atoms with van der Waals surface area (Å²) in [5.41, 5.74) is 8.27. The molecular weight excluding hydrogens is 356 g/mol. The van der Waals surface area contributed by atoms with Crippen LogP contribution < -0.4 is 15.2 Å². The number of primary amides is 1. The van der Waals surface area contributed by atoms with Crippen LogP contribution in [0.15, 0.2) is 48.9 Å². The molecule has 0 aliphatic heterocycles. The van der Waals surface area contributed by atoms with Gasteiger partial charge in [-0.2, -0.15) is 0 Å². The molecule has 3 rings (SSSR count). The van der Waals surface area contributed by atoms with Gasteiger partial charge in [0.1, 0.15) is 0 Å². The first-order chi connectivity index (χ1) is 12.5. The van der Waals surface area contributed by atoms with Gasteiger partial charge >= 0.3 is 6.09 Å². The van der Waals surface area contributed by atoms with Gasteiger partial charge in [-0.15, -0.1) is 0 Å². The van der Waals surface area contributed by atoms with Crippen LogP contribution in [0.2, 0.25) is 5.02 Å². The van der Waals surface area contributed by atoms with Crippen LogP contribution in [0.1, 0.15) is 11.3 Å². The van der Waals surface area contributed by atoms with Gasteiger partial charge < -0.3 is 15.2 Å². The van der Waals surface area contributed by atoms with Crippen LogP contribution in [-0.4, -0.2) is 28.2 Å². The molecule has 0 bridgehead atoms. The van der Waals surface area contributed by atoms with Gasteiger partial charge in [-0.25, -0.2) is 14.8 Å². The van der Waals surface area contributed by atoms with Crippen molar-refractivity contribution in [3.8, 4) is 22.9 Å². The molecule has 1 aromatic carbocycles. The molecular formula is C18H15ClN4O3. The van der Waals surface area contributed by atoms with Crippen molar-refractivity contribution in [2.24, 2.45) is 5.73 Å². The van der Waals surface area contributed by atoms with Crippen molar-refractivity contribution in [3.63, 3.8) is 0 Å². The first-order valence-corrected chi connectivity index (χ1v) is 8.00. The molecule has 0 unspecified atom stereocenters. The Morgan fingerprint density at radius 1 is 1.15 bits per heavy atom. The van der Waals surface area contributed by atoms with E-state index in [0.29, 0.717) is 23.0 Å². The minimum absolute atomic E-state index is 0.0497. The van der Waals surface area contributed by atoms with E-state index in [1.54, 1.807) is 19.4 Å². The largest absolute Gasteiger partial charge is 0.481 e. The zero-order chi connectivity index (χ0) is 18.5. The molecule has 26 heavy (non-hydrogen) atoms. The highest BCUT2D eigenvalue weighted by molar-refractivity contribution is 6.30. The fourth-order valence-corrected chi connectivity index (χ4v) is 2.61. The number of pyridine rings is 1. The maximum absolute atomic E-state index is 10.7. The maximum Gasteiger partial charge on any atom is 0.411 e. The summed E-state index contributed by atoms with van der Waals surface area (Å²) < 4.78 is 10.0. The summed E-state index contributed by atoms with van der Waals surface area (Å²) in [5, 5.41) is 0.630. The van der Waals surface area contributed by atoms with Crippen LogP contribution >= 0.6 is 11.6 Å². The molecule has 1 amide bonds. The average molecular weight is 371 g/mol. The second kappa shape index (κ2) is 7.79. The van der Waals surface area contributed by atoms with Crippen LogP contribution in [0.4, 0.5) is 4.79 Å². The lowest BCUT2D eigenvalue weighted by molar-refractivity contribution is 0.209. The number of nitrogens with zero attached hydrogens (tertiary/aromatic N) is 3. The monoisotopic (exact) mass is 370 g/mol. The smallest absolute Gasteiger partial charge is 0.411 e. The Morgan fingerprint density at radius 2 is 2.00 bits per heavy atom. The number of carbonyl (C=O) groups is 1. The van der Waals surface area contributed by atoms with Gasteiger partial charge in [-0.05, 0) is 29.3 Å². The lowest BCUT2D eigenvalue weighted by atomic mass is 10.0. The molecule has 0 fully saturated rings. The first kappa shape index (κ1) is 17.6. The number of carbonyl (C=O) groups excluding carboxylic acids is 1. The standard InChI is InChI=1S/C18H15ClN4O3/c1-25-17-15(12-3-2-4-13(19)7-12)6-11(8-23-17)5-14-9-22-16(10-21-14)26-18(20)24/h2-4,6-10H,5H2,1H3,(H2,20,24). The Kier molecular flexibility index (Phi) is 5.28. The summed E-state index contributed by atoms with van der Waals surface area (Å²) in [5.74, 6) is 0.557. The van der Waals surface area contributed by atoms with E-state index in [4.69, 9.17) is 22.1 Å². The average Bonchev–Trinajstić information content (AvgIpc) is 2.63. The normalized spacial score (nSPS) is 10.4. The highest BCUT2D eigenvalue weighted by Gasteiger charge is 2.11. The Bertz CT molecular complexity index is 932. The number of methoxy groups -OCH3 is 1. The van der Waals surface area contributed by atoms with E-state index in [9.17, 15) is 4.79 Å². The van der Waals surface area contributed by atoms with Crippen molar-refractivity contribution in [2.45, 2.75) is 6.42 Å². The van der Waals surface area contributed by atoms with Crippen LogP contribution in [0.25, 0.3) is 11.1 Å². The number of hydrogen-bond donors (Lipinski definition) is 1. The summed E-state index contributed by atoms with van der Waals surface area (Å²) in [7, 11) is 1.57. The molecule has 0 saturated heterocycles. The summed E-state index contributed by atoms with van der Waals surface area (Å²) >= 11 is 6.09. The van der Waals surface area contributed by atoms with E-state index >= 15 is 0 Å². The van der Waals surface area contributed by atoms with Gasteiger partial charge in [0.25, 0.3) is 0 Å².